The molecule has 9 heteroatoms. The topological polar surface area (TPSA) is 72.4 Å². The van der Waals surface area contributed by atoms with Crippen molar-refractivity contribution in [3.05, 3.63) is 102 Å². The Bertz CT molecular complexity index is 1250. The van der Waals surface area contributed by atoms with Gasteiger partial charge in [0.15, 0.2) is 0 Å². The minimum Gasteiger partial charge on any atom is -0.467 e. The predicted octanol–water partition coefficient (Wildman–Crippen LogP) is 5.63. The van der Waals surface area contributed by atoms with E-state index in [9.17, 15) is 18.0 Å². The van der Waals surface area contributed by atoms with E-state index in [-0.39, 0.29) is 42.7 Å². The molecule has 0 unspecified atom stereocenters. The summed E-state index contributed by atoms with van der Waals surface area (Å²) in [5, 5.41) is 3.79. The fraction of sp³-hybridized carbons (Fsp3) is 0.160. The summed E-state index contributed by atoms with van der Waals surface area (Å²) in [4.78, 5) is 18.6. The summed E-state index contributed by atoms with van der Waals surface area (Å²) in [6, 6.07) is 17.6. The van der Waals surface area contributed by atoms with Crippen LogP contribution in [0, 0.1) is 0 Å². The van der Waals surface area contributed by atoms with E-state index in [2.05, 4.69) is 10.1 Å². The van der Waals surface area contributed by atoms with Gasteiger partial charge in [0.05, 0.1) is 18.4 Å². The fourth-order valence-electron chi connectivity index (χ4n) is 3.23. The van der Waals surface area contributed by atoms with Crippen molar-refractivity contribution in [2.45, 2.75) is 19.1 Å². The van der Waals surface area contributed by atoms with E-state index in [1.54, 1.807) is 23.1 Å². The van der Waals surface area contributed by atoms with Crippen LogP contribution in [0.2, 0.25) is 0 Å². The molecule has 0 radical (unpaired) electrons. The maximum Gasteiger partial charge on any atom is 0.416 e. The van der Waals surface area contributed by atoms with E-state index in [1.807, 2.05) is 30.3 Å². The summed E-state index contributed by atoms with van der Waals surface area (Å²) in [5.41, 5.74) is 0.285. The van der Waals surface area contributed by atoms with Crippen molar-refractivity contribution in [1.29, 1.82) is 0 Å². The lowest BCUT2D eigenvalue weighted by Gasteiger charge is -2.19. The average Bonchev–Trinajstić information content (AvgIpc) is 3.53. The summed E-state index contributed by atoms with van der Waals surface area (Å²) >= 11 is 0. The second-order valence-corrected chi connectivity index (χ2v) is 7.42. The molecule has 0 aliphatic heterocycles. The van der Waals surface area contributed by atoms with Crippen molar-refractivity contribution >= 4 is 12.0 Å². The van der Waals surface area contributed by atoms with Gasteiger partial charge in [0, 0.05) is 24.6 Å². The second-order valence-electron chi connectivity index (χ2n) is 7.42. The molecule has 0 saturated carbocycles. The highest BCUT2D eigenvalue weighted by molar-refractivity contribution is 5.91. The number of aromatic nitrogens is 2. The molecule has 2 heterocycles. The number of nitrogens with zero attached hydrogens (tertiary/aromatic N) is 3. The molecule has 0 spiro atoms. The highest BCUT2D eigenvalue weighted by Crippen LogP contribution is 2.31. The highest BCUT2D eigenvalue weighted by atomic mass is 19.4. The van der Waals surface area contributed by atoms with Crippen LogP contribution in [0.4, 0.5) is 13.2 Å². The number of carbonyl (C=O) groups excluding carboxylic acids is 1. The largest absolute Gasteiger partial charge is 0.467 e. The molecule has 1 amide bonds. The molecular formula is C25H20F3N3O3. The molecule has 0 saturated heterocycles. The number of benzene rings is 2. The van der Waals surface area contributed by atoms with Gasteiger partial charge in [-0.2, -0.15) is 18.2 Å². The number of furan rings is 1. The highest BCUT2D eigenvalue weighted by Gasteiger charge is 2.30. The molecule has 0 aliphatic carbocycles. The number of carbonyl (C=O) groups is 1. The summed E-state index contributed by atoms with van der Waals surface area (Å²) in [6.45, 7) is 0.475. The van der Waals surface area contributed by atoms with E-state index in [0.29, 0.717) is 5.76 Å². The van der Waals surface area contributed by atoms with Crippen LogP contribution in [-0.4, -0.2) is 27.5 Å². The molecule has 0 atom stereocenters. The van der Waals surface area contributed by atoms with E-state index < -0.39 is 11.7 Å². The van der Waals surface area contributed by atoms with Crippen LogP contribution < -0.4 is 0 Å². The SMILES string of the molecule is O=C(/C=C/c1ccccc1)N(CCc1nc(-c2cccc(C(F)(F)F)c2)no1)Cc1ccco1. The summed E-state index contributed by atoms with van der Waals surface area (Å²) in [5.74, 6) is 0.625. The van der Waals surface area contributed by atoms with Gasteiger partial charge in [-0.05, 0) is 35.9 Å². The Kier molecular flexibility index (Phi) is 6.91. The maximum absolute atomic E-state index is 13.0. The lowest BCUT2D eigenvalue weighted by atomic mass is 10.1. The minimum atomic E-state index is -4.47. The molecule has 174 valence electrons. The van der Waals surface area contributed by atoms with E-state index in [4.69, 9.17) is 8.94 Å². The van der Waals surface area contributed by atoms with E-state index >= 15 is 0 Å². The Morgan fingerprint density at radius 2 is 1.85 bits per heavy atom. The van der Waals surface area contributed by atoms with Crippen molar-refractivity contribution in [1.82, 2.24) is 15.0 Å². The fourth-order valence-corrected chi connectivity index (χ4v) is 3.23. The number of alkyl halides is 3. The zero-order chi connectivity index (χ0) is 24.0. The zero-order valence-corrected chi connectivity index (χ0v) is 17.9. The molecule has 0 N–H and O–H groups in total. The number of halogens is 3. The Balaban J connectivity index is 1.46. The van der Waals surface area contributed by atoms with Gasteiger partial charge in [0.2, 0.25) is 17.6 Å². The number of rotatable bonds is 8. The first-order valence-corrected chi connectivity index (χ1v) is 10.4. The molecule has 34 heavy (non-hydrogen) atoms. The third-order valence-electron chi connectivity index (χ3n) is 4.97. The van der Waals surface area contributed by atoms with Crippen LogP contribution in [0.5, 0.6) is 0 Å². The number of hydrogen-bond donors (Lipinski definition) is 0. The maximum atomic E-state index is 13.0. The van der Waals surface area contributed by atoms with Gasteiger partial charge >= 0.3 is 6.18 Å². The Morgan fingerprint density at radius 1 is 1.03 bits per heavy atom. The summed E-state index contributed by atoms with van der Waals surface area (Å²) < 4.78 is 49.5. The lowest BCUT2D eigenvalue weighted by molar-refractivity contribution is -0.137. The van der Waals surface area contributed by atoms with Gasteiger partial charge in [-0.1, -0.05) is 47.6 Å². The van der Waals surface area contributed by atoms with Gasteiger partial charge in [-0.15, -0.1) is 0 Å². The second kappa shape index (κ2) is 10.2. The normalized spacial score (nSPS) is 11.7. The van der Waals surface area contributed by atoms with Crippen molar-refractivity contribution < 1.29 is 26.9 Å². The van der Waals surface area contributed by atoms with Gasteiger partial charge in [-0.3, -0.25) is 4.79 Å². The monoisotopic (exact) mass is 467 g/mol. The van der Waals surface area contributed by atoms with E-state index in [0.717, 1.165) is 17.7 Å². The van der Waals surface area contributed by atoms with Gasteiger partial charge in [-0.25, -0.2) is 0 Å². The van der Waals surface area contributed by atoms with Crippen LogP contribution in [0.3, 0.4) is 0 Å². The third-order valence-corrected chi connectivity index (χ3v) is 4.97. The Morgan fingerprint density at radius 3 is 2.59 bits per heavy atom. The molecule has 6 nitrogen and oxygen atoms in total. The smallest absolute Gasteiger partial charge is 0.416 e. The quantitative estimate of drug-likeness (QED) is 0.314. The summed E-state index contributed by atoms with van der Waals surface area (Å²) in [6.07, 6.45) is 0.466. The van der Waals surface area contributed by atoms with Gasteiger partial charge < -0.3 is 13.8 Å². The first kappa shape index (κ1) is 23.0. The third kappa shape index (κ3) is 6.00. The van der Waals surface area contributed by atoms with Gasteiger partial charge in [0.25, 0.3) is 0 Å². The first-order chi connectivity index (χ1) is 16.4. The molecule has 0 aliphatic rings. The van der Waals surface area contributed by atoms with Crippen molar-refractivity contribution in [2.24, 2.45) is 0 Å². The van der Waals surface area contributed by atoms with E-state index in [1.165, 1.54) is 24.5 Å². The van der Waals surface area contributed by atoms with Crippen molar-refractivity contribution in [3.8, 4) is 11.4 Å². The van der Waals surface area contributed by atoms with Crippen LogP contribution in [0.1, 0.15) is 22.8 Å². The van der Waals surface area contributed by atoms with Crippen LogP contribution in [-0.2, 0) is 23.9 Å². The van der Waals surface area contributed by atoms with Crippen LogP contribution in [0.15, 0.2) is 88.0 Å². The number of amides is 1. The minimum absolute atomic E-state index is 0.0500. The molecule has 4 rings (SSSR count). The van der Waals surface area contributed by atoms with Crippen LogP contribution >= 0.6 is 0 Å². The average molecular weight is 467 g/mol. The molecule has 2 aromatic heterocycles. The summed E-state index contributed by atoms with van der Waals surface area (Å²) in [7, 11) is 0. The zero-order valence-electron chi connectivity index (χ0n) is 17.9. The Labute approximate surface area is 193 Å². The van der Waals surface area contributed by atoms with Crippen molar-refractivity contribution in [2.75, 3.05) is 6.54 Å². The predicted molar refractivity (Wildman–Crippen MR) is 118 cm³/mol. The first-order valence-electron chi connectivity index (χ1n) is 10.4. The molecule has 0 fully saturated rings. The number of hydrogen-bond acceptors (Lipinski definition) is 5. The molecule has 4 aromatic rings. The van der Waals surface area contributed by atoms with Gasteiger partial charge in [0.1, 0.15) is 5.76 Å². The standard InChI is InChI=1S/C25H20F3N3O3/c26-25(27,28)20-9-4-8-19(16-20)24-29-22(34-30-24)13-14-31(17-21-10-5-15-33-21)23(32)12-11-18-6-2-1-3-7-18/h1-12,15-16H,13-14,17H2/b12-11+. The molecular weight excluding hydrogens is 447 g/mol. The van der Waals surface area contributed by atoms with Crippen LogP contribution in [0.25, 0.3) is 17.5 Å². The lowest BCUT2D eigenvalue weighted by Crippen LogP contribution is -2.31. The van der Waals surface area contributed by atoms with Crippen molar-refractivity contribution in [3.63, 3.8) is 0 Å². The molecule has 2 aromatic carbocycles. The molecule has 0 bridgehead atoms. The Hall–Kier alpha value is -4.14.